The third kappa shape index (κ3) is 2.15. The molecule has 3 rings (SSSR count). The number of thiophene rings is 1. The number of morpholine rings is 1. The molecule has 2 aliphatic rings. The van der Waals surface area contributed by atoms with Crippen LogP contribution < -0.4 is 0 Å². The predicted molar refractivity (Wildman–Crippen MR) is 68.9 cm³/mol. The Kier molecular flexibility index (Phi) is 3.06. The topological polar surface area (TPSA) is 66.8 Å². The lowest BCUT2D eigenvalue weighted by Gasteiger charge is -2.34. The Balaban J connectivity index is 1.72. The molecular formula is C13H15NO4S. The Hall–Kier alpha value is -1.40. The monoisotopic (exact) mass is 281 g/mol. The van der Waals surface area contributed by atoms with Crippen molar-refractivity contribution < 1.29 is 19.4 Å². The molecule has 0 spiro atoms. The van der Waals surface area contributed by atoms with Gasteiger partial charge >= 0.3 is 5.97 Å². The third-order valence-electron chi connectivity index (χ3n) is 3.84. The van der Waals surface area contributed by atoms with E-state index in [1.807, 2.05) is 16.8 Å². The van der Waals surface area contributed by atoms with Crippen molar-refractivity contribution in [3.8, 4) is 0 Å². The summed E-state index contributed by atoms with van der Waals surface area (Å²) in [5.74, 6) is -1.24. The highest BCUT2D eigenvalue weighted by Crippen LogP contribution is 2.48. The molecule has 0 unspecified atom stereocenters. The zero-order chi connectivity index (χ0) is 13.5. The second-order valence-electron chi connectivity index (χ2n) is 5.05. The van der Waals surface area contributed by atoms with E-state index < -0.39 is 11.4 Å². The Morgan fingerprint density at radius 2 is 2.26 bits per heavy atom. The lowest BCUT2D eigenvalue weighted by Crippen LogP contribution is -2.47. The minimum absolute atomic E-state index is 0.131. The van der Waals surface area contributed by atoms with Crippen LogP contribution in [0.15, 0.2) is 16.8 Å². The number of carboxylic acids is 1. The minimum atomic E-state index is -1.14. The molecule has 5 nitrogen and oxygen atoms in total. The first-order valence-electron chi connectivity index (χ1n) is 6.30. The molecule has 0 bridgehead atoms. The van der Waals surface area contributed by atoms with Crippen molar-refractivity contribution in [3.63, 3.8) is 0 Å². The van der Waals surface area contributed by atoms with Crippen molar-refractivity contribution in [1.82, 2.24) is 4.90 Å². The van der Waals surface area contributed by atoms with Crippen LogP contribution in [0, 0.1) is 5.41 Å². The Labute approximate surface area is 114 Å². The second kappa shape index (κ2) is 4.61. The second-order valence-corrected chi connectivity index (χ2v) is 5.83. The first-order valence-corrected chi connectivity index (χ1v) is 7.24. The van der Waals surface area contributed by atoms with E-state index in [-0.39, 0.29) is 12.0 Å². The third-order valence-corrected chi connectivity index (χ3v) is 4.54. The van der Waals surface area contributed by atoms with Gasteiger partial charge in [-0.2, -0.15) is 11.3 Å². The van der Waals surface area contributed by atoms with Crippen LogP contribution in [0.3, 0.4) is 0 Å². The molecule has 2 fully saturated rings. The van der Waals surface area contributed by atoms with Crippen LogP contribution in [0.25, 0.3) is 0 Å². The number of carbonyl (C=O) groups is 2. The molecule has 19 heavy (non-hydrogen) atoms. The SMILES string of the molecule is O=C(O)C1(C(=O)N2CCO[C@H](c3ccsc3)C2)CC1. The van der Waals surface area contributed by atoms with E-state index in [4.69, 9.17) is 4.74 Å². The molecule has 1 amide bonds. The number of nitrogens with zero attached hydrogens (tertiary/aromatic N) is 1. The van der Waals surface area contributed by atoms with Gasteiger partial charge in [-0.1, -0.05) is 0 Å². The van der Waals surface area contributed by atoms with E-state index in [0.29, 0.717) is 32.5 Å². The van der Waals surface area contributed by atoms with Crippen molar-refractivity contribution in [1.29, 1.82) is 0 Å². The van der Waals surface area contributed by atoms with E-state index >= 15 is 0 Å². The van der Waals surface area contributed by atoms with Crippen LogP contribution in [0.1, 0.15) is 24.5 Å². The molecule has 0 radical (unpaired) electrons. The highest BCUT2D eigenvalue weighted by Gasteiger charge is 2.58. The maximum Gasteiger partial charge on any atom is 0.319 e. The van der Waals surface area contributed by atoms with Gasteiger partial charge in [-0.15, -0.1) is 0 Å². The molecule has 0 aromatic carbocycles. The van der Waals surface area contributed by atoms with Crippen molar-refractivity contribution in [2.45, 2.75) is 18.9 Å². The fourth-order valence-electron chi connectivity index (χ4n) is 2.44. The van der Waals surface area contributed by atoms with Gasteiger partial charge in [0.25, 0.3) is 0 Å². The summed E-state index contributed by atoms with van der Waals surface area (Å²) < 4.78 is 5.66. The highest BCUT2D eigenvalue weighted by atomic mass is 32.1. The summed E-state index contributed by atoms with van der Waals surface area (Å²) in [5.41, 5.74) is -0.0843. The number of ether oxygens (including phenoxy) is 1. The van der Waals surface area contributed by atoms with E-state index in [2.05, 4.69) is 0 Å². The number of hydrogen-bond acceptors (Lipinski definition) is 4. The van der Waals surface area contributed by atoms with Crippen molar-refractivity contribution >= 4 is 23.2 Å². The van der Waals surface area contributed by atoms with Gasteiger partial charge < -0.3 is 14.7 Å². The van der Waals surface area contributed by atoms with E-state index in [9.17, 15) is 14.7 Å². The van der Waals surface area contributed by atoms with Crippen molar-refractivity contribution in [2.75, 3.05) is 19.7 Å². The van der Waals surface area contributed by atoms with Crippen molar-refractivity contribution in [2.24, 2.45) is 5.41 Å². The zero-order valence-electron chi connectivity index (χ0n) is 10.4. The number of rotatable bonds is 3. The average Bonchev–Trinajstić information content (AvgIpc) is 3.06. The smallest absolute Gasteiger partial charge is 0.319 e. The molecule has 1 N–H and O–H groups in total. The molecule has 1 atom stereocenters. The first-order chi connectivity index (χ1) is 9.13. The van der Waals surface area contributed by atoms with Crippen LogP contribution >= 0.6 is 11.3 Å². The fourth-order valence-corrected chi connectivity index (χ4v) is 3.14. The van der Waals surface area contributed by atoms with Crippen LogP contribution in [-0.4, -0.2) is 41.6 Å². The van der Waals surface area contributed by atoms with Crippen LogP contribution in [0.5, 0.6) is 0 Å². The molecule has 1 saturated heterocycles. The Morgan fingerprint density at radius 1 is 1.47 bits per heavy atom. The van der Waals surface area contributed by atoms with E-state index in [1.165, 1.54) is 0 Å². The highest BCUT2D eigenvalue weighted by molar-refractivity contribution is 7.07. The quantitative estimate of drug-likeness (QED) is 0.853. The van der Waals surface area contributed by atoms with Gasteiger partial charge in [0.05, 0.1) is 13.2 Å². The molecule has 1 aliphatic heterocycles. The summed E-state index contributed by atoms with van der Waals surface area (Å²) in [5, 5.41) is 13.2. The molecule has 1 aromatic rings. The Morgan fingerprint density at radius 3 is 2.84 bits per heavy atom. The lowest BCUT2D eigenvalue weighted by molar-refractivity contribution is -0.157. The van der Waals surface area contributed by atoms with Gasteiger partial charge in [0.1, 0.15) is 11.5 Å². The fraction of sp³-hybridized carbons (Fsp3) is 0.538. The van der Waals surface area contributed by atoms with Crippen LogP contribution in [0.2, 0.25) is 0 Å². The summed E-state index contributed by atoms with van der Waals surface area (Å²) in [6.45, 7) is 1.39. The summed E-state index contributed by atoms with van der Waals surface area (Å²) in [6.07, 6.45) is 0.789. The maximum atomic E-state index is 12.3. The van der Waals surface area contributed by atoms with E-state index in [0.717, 1.165) is 5.56 Å². The number of hydrogen-bond donors (Lipinski definition) is 1. The molecular weight excluding hydrogens is 266 g/mol. The number of carbonyl (C=O) groups excluding carboxylic acids is 1. The normalized spacial score (nSPS) is 25.1. The molecule has 6 heteroatoms. The van der Waals surface area contributed by atoms with Gasteiger partial charge in [-0.05, 0) is 35.2 Å². The van der Waals surface area contributed by atoms with Crippen LogP contribution in [0.4, 0.5) is 0 Å². The van der Waals surface area contributed by atoms with Gasteiger partial charge in [0, 0.05) is 6.54 Å². The van der Waals surface area contributed by atoms with Gasteiger partial charge in [0.2, 0.25) is 5.91 Å². The first kappa shape index (κ1) is 12.6. The standard InChI is InChI=1S/C13H15NO4S/c15-11(13(2-3-13)12(16)17)14-4-5-18-10(7-14)9-1-6-19-8-9/h1,6,8,10H,2-5,7H2,(H,16,17)/t10-/m0/s1. The minimum Gasteiger partial charge on any atom is -0.480 e. The maximum absolute atomic E-state index is 12.3. The summed E-state index contributed by atoms with van der Waals surface area (Å²) >= 11 is 1.59. The predicted octanol–water partition coefficient (Wildman–Crippen LogP) is 1.51. The van der Waals surface area contributed by atoms with Gasteiger partial charge in [-0.3, -0.25) is 9.59 Å². The molecule has 1 saturated carbocycles. The van der Waals surface area contributed by atoms with Crippen LogP contribution in [-0.2, 0) is 14.3 Å². The van der Waals surface area contributed by atoms with Gasteiger partial charge in [-0.25, -0.2) is 0 Å². The Bertz CT molecular complexity index is 495. The molecule has 1 aromatic heterocycles. The number of amides is 1. The summed E-state index contributed by atoms with van der Waals surface area (Å²) in [7, 11) is 0. The average molecular weight is 281 g/mol. The summed E-state index contributed by atoms with van der Waals surface area (Å²) in [4.78, 5) is 25.2. The zero-order valence-corrected chi connectivity index (χ0v) is 11.2. The summed E-state index contributed by atoms with van der Waals surface area (Å²) in [6, 6.07) is 1.98. The number of aliphatic carboxylic acids is 1. The largest absolute Gasteiger partial charge is 0.480 e. The van der Waals surface area contributed by atoms with Gasteiger partial charge in [0.15, 0.2) is 0 Å². The van der Waals surface area contributed by atoms with Crippen molar-refractivity contribution in [3.05, 3.63) is 22.4 Å². The number of carboxylic acid groups (broad SMARTS) is 1. The molecule has 102 valence electrons. The molecule has 2 heterocycles. The molecule has 1 aliphatic carbocycles. The van der Waals surface area contributed by atoms with E-state index in [1.54, 1.807) is 16.2 Å². The lowest BCUT2D eigenvalue weighted by atomic mass is 10.0.